The molecule has 1 unspecified atom stereocenters. The summed E-state index contributed by atoms with van der Waals surface area (Å²) in [4.78, 5) is 37.0. The summed E-state index contributed by atoms with van der Waals surface area (Å²) < 4.78 is 10.5. The van der Waals surface area contributed by atoms with Gasteiger partial charge in [0.05, 0.1) is 23.7 Å². The van der Waals surface area contributed by atoms with Gasteiger partial charge in [0.15, 0.2) is 6.10 Å². The Morgan fingerprint density at radius 1 is 1.20 bits per heavy atom. The van der Waals surface area contributed by atoms with E-state index in [0.717, 1.165) is 24.8 Å². The predicted molar refractivity (Wildman–Crippen MR) is 110 cm³/mol. The second kappa shape index (κ2) is 9.23. The number of morpholine rings is 1. The minimum absolute atomic E-state index is 0.0644. The van der Waals surface area contributed by atoms with Crippen LogP contribution in [0.15, 0.2) is 42.5 Å². The molecule has 0 aliphatic carbocycles. The number of ether oxygens (including phenoxy) is 2. The third-order valence-electron chi connectivity index (χ3n) is 4.63. The van der Waals surface area contributed by atoms with Crippen molar-refractivity contribution in [2.45, 2.75) is 13.0 Å². The van der Waals surface area contributed by atoms with Gasteiger partial charge in [0, 0.05) is 30.5 Å². The Kier molecular flexibility index (Phi) is 6.48. The van der Waals surface area contributed by atoms with Gasteiger partial charge in [-0.05, 0) is 43.3 Å². The second-order valence-corrected chi connectivity index (χ2v) is 6.71. The number of carbonyl (C=O) groups excluding carboxylic acids is 2. The fourth-order valence-corrected chi connectivity index (χ4v) is 2.93. The topological polar surface area (TPSA) is 137 Å². The zero-order chi connectivity index (χ0) is 21.7. The van der Waals surface area contributed by atoms with Gasteiger partial charge in [-0.3, -0.25) is 14.9 Å². The number of hydrogen-bond acceptors (Lipinski definition) is 8. The SMILES string of the molecule is CC(OC(=O)c1ccc(N)c([N+](=O)[O-])c1)C(=O)Nc1ccc(N2CCOCC2)cc1. The van der Waals surface area contributed by atoms with Crippen molar-refractivity contribution in [3.63, 3.8) is 0 Å². The number of nitrogens with two attached hydrogens (primary N) is 1. The largest absolute Gasteiger partial charge is 0.449 e. The first-order valence-electron chi connectivity index (χ1n) is 9.33. The maximum Gasteiger partial charge on any atom is 0.339 e. The first-order chi connectivity index (χ1) is 14.3. The molecular weight excluding hydrogens is 392 g/mol. The fraction of sp³-hybridized carbons (Fsp3) is 0.300. The molecule has 10 nitrogen and oxygen atoms in total. The summed E-state index contributed by atoms with van der Waals surface area (Å²) in [6.07, 6.45) is -1.10. The quantitative estimate of drug-likeness (QED) is 0.318. The van der Waals surface area contributed by atoms with Crippen molar-refractivity contribution in [3.8, 4) is 0 Å². The molecule has 2 aromatic rings. The van der Waals surface area contributed by atoms with E-state index < -0.39 is 28.6 Å². The Labute approximate surface area is 172 Å². The maximum absolute atomic E-state index is 12.4. The Balaban J connectivity index is 1.58. The van der Waals surface area contributed by atoms with Crippen LogP contribution in [0, 0.1) is 10.1 Å². The van der Waals surface area contributed by atoms with E-state index in [4.69, 9.17) is 15.2 Å². The highest BCUT2D eigenvalue weighted by Crippen LogP contribution is 2.23. The van der Waals surface area contributed by atoms with E-state index in [1.807, 2.05) is 12.1 Å². The van der Waals surface area contributed by atoms with E-state index in [-0.39, 0.29) is 11.3 Å². The van der Waals surface area contributed by atoms with Gasteiger partial charge in [-0.25, -0.2) is 4.79 Å². The first kappa shape index (κ1) is 21.1. The lowest BCUT2D eigenvalue weighted by Crippen LogP contribution is -2.36. The number of amides is 1. The van der Waals surface area contributed by atoms with E-state index in [1.54, 1.807) is 12.1 Å². The van der Waals surface area contributed by atoms with Crippen molar-refractivity contribution in [2.75, 3.05) is 42.3 Å². The number of rotatable bonds is 6. The van der Waals surface area contributed by atoms with Gasteiger partial charge in [-0.2, -0.15) is 0 Å². The van der Waals surface area contributed by atoms with Crippen LogP contribution in [0.2, 0.25) is 0 Å². The molecule has 10 heteroatoms. The summed E-state index contributed by atoms with van der Waals surface area (Å²) in [6, 6.07) is 10.9. The number of nitrogens with one attached hydrogen (secondary N) is 1. The molecule has 30 heavy (non-hydrogen) atoms. The normalized spacial score (nSPS) is 14.6. The van der Waals surface area contributed by atoms with Crippen molar-refractivity contribution < 1.29 is 24.0 Å². The number of nitro benzene ring substituents is 1. The average molecular weight is 414 g/mol. The number of esters is 1. The monoisotopic (exact) mass is 414 g/mol. The summed E-state index contributed by atoms with van der Waals surface area (Å²) in [6.45, 7) is 4.39. The lowest BCUT2D eigenvalue weighted by atomic mass is 10.2. The molecule has 3 N–H and O–H groups in total. The molecule has 1 amide bonds. The number of anilines is 3. The highest BCUT2D eigenvalue weighted by Gasteiger charge is 2.22. The number of nitrogen functional groups attached to an aromatic ring is 1. The van der Waals surface area contributed by atoms with Crippen LogP contribution < -0.4 is 16.0 Å². The smallest absolute Gasteiger partial charge is 0.339 e. The molecular formula is C20H22N4O6. The van der Waals surface area contributed by atoms with Crippen molar-refractivity contribution in [3.05, 3.63) is 58.1 Å². The Morgan fingerprint density at radius 3 is 2.50 bits per heavy atom. The third-order valence-corrected chi connectivity index (χ3v) is 4.63. The van der Waals surface area contributed by atoms with Crippen molar-refractivity contribution >= 4 is 34.6 Å². The van der Waals surface area contributed by atoms with Crippen LogP contribution >= 0.6 is 0 Å². The molecule has 0 aromatic heterocycles. The van der Waals surface area contributed by atoms with E-state index in [1.165, 1.54) is 19.1 Å². The van der Waals surface area contributed by atoms with Crippen LogP contribution in [-0.2, 0) is 14.3 Å². The van der Waals surface area contributed by atoms with Crippen LogP contribution in [0.25, 0.3) is 0 Å². The maximum atomic E-state index is 12.4. The molecule has 0 spiro atoms. The lowest BCUT2D eigenvalue weighted by molar-refractivity contribution is -0.383. The summed E-state index contributed by atoms with van der Waals surface area (Å²) >= 11 is 0. The average Bonchev–Trinajstić information content (AvgIpc) is 2.74. The van der Waals surface area contributed by atoms with E-state index >= 15 is 0 Å². The van der Waals surface area contributed by atoms with Crippen LogP contribution in [-0.4, -0.2) is 49.2 Å². The number of nitro groups is 1. The van der Waals surface area contributed by atoms with Crippen LogP contribution in [0.1, 0.15) is 17.3 Å². The minimum atomic E-state index is -1.10. The fourth-order valence-electron chi connectivity index (χ4n) is 2.93. The van der Waals surface area contributed by atoms with Gasteiger partial charge in [0.25, 0.3) is 11.6 Å². The second-order valence-electron chi connectivity index (χ2n) is 6.71. The predicted octanol–water partition coefficient (Wildman–Crippen LogP) is 2.20. The number of hydrogen-bond donors (Lipinski definition) is 2. The summed E-state index contributed by atoms with van der Waals surface area (Å²) in [5.41, 5.74) is 6.57. The standard InChI is InChI=1S/C20H22N4O6/c1-13(30-20(26)14-2-7-17(21)18(12-14)24(27)28)19(25)22-15-3-5-16(6-4-15)23-8-10-29-11-9-23/h2-7,12-13H,8-11,21H2,1H3,(H,22,25). The van der Waals surface area contributed by atoms with Crippen LogP contribution in [0.5, 0.6) is 0 Å². The van der Waals surface area contributed by atoms with Gasteiger partial charge < -0.3 is 25.4 Å². The molecule has 158 valence electrons. The molecule has 3 rings (SSSR count). The van der Waals surface area contributed by atoms with Crippen molar-refractivity contribution in [1.82, 2.24) is 0 Å². The summed E-state index contributed by atoms with van der Waals surface area (Å²) in [5.74, 6) is -1.38. The van der Waals surface area contributed by atoms with Crippen LogP contribution in [0.3, 0.4) is 0 Å². The highest BCUT2D eigenvalue weighted by molar-refractivity contribution is 5.97. The van der Waals surface area contributed by atoms with Gasteiger partial charge in [0.2, 0.25) is 0 Å². The minimum Gasteiger partial charge on any atom is -0.449 e. The Morgan fingerprint density at radius 2 is 1.87 bits per heavy atom. The van der Waals surface area contributed by atoms with Gasteiger partial charge in [-0.15, -0.1) is 0 Å². The zero-order valence-electron chi connectivity index (χ0n) is 16.4. The number of nitrogens with zero attached hydrogens (tertiary/aromatic N) is 2. The molecule has 1 saturated heterocycles. The molecule has 1 aliphatic heterocycles. The lowest BCUT2D eigenvalue weighted by Gasteiger charge is -2.28. The summed E-state index contributed by atoms with van der Waals surface area (Å²) in [5, 5.41) is 13.6. The van der Waals surface area contributed by atoms with E-state index in [0.29, 0.717) is 18.9 Å². The molecule has 0 saturated carbocycles. The number of carbonyl (C=O) groups is 2. The van der Waals surface area contributed by atoms with Crippen molar-refractivity contribution in [2.24, 2.45) is 0 Å². The zero-order valence-corrected chi connectivity index (χ0v) is 16.4. The van der Waals surface area contributed by atoms with E-state index in [2.05, 4.69) is 10.2 Å². The van der Waals surface area contributed by atoms with E-state index in [9.17, 15) is 19.7 Å². The van der Waals surface area contributed by atoms with Gasteiger partial charge in [0.1, 0.15) is 5.69 Å². The molecule has 1 heterocycles. The molecule has 1 atom stereocenters. The number of benzene rings is 2. The first-order valence-corrected chi connectivity index (χ1v) is 9.33. The molecule has 1 aliphatic rings. The molecule has 0 bridgehead atoms. The summed E-state index contributed by atoms with van der Waals surface area (Å²) in [7, 11) is 0. The Hall–Kier alpha value is -3.66. The van der Waals surface area contributed by atoms with Crippen molar-refractivity contribution in [1.29, 1.82) is 0 Å². The molecule has 2 aromatic carbocycles. The van der Waals surface area contributed by atoms with Gasteiger partial charge in [-0.1, -0.05) is 0 Å². The van der Waals surface area contributed by atoms with Crippen LogP contribution in [0.4, 0.5) is 22.7 Å². The van der Waals surface area contributed by atoms with Gasteiger partial charge >= 0.3 is 5.97 Å². The molecule has 1 fully saturated rings. The third kappa shape index (κ3) is 5.03. The Bertz CT molecular complexity index is 941. The highest BCUT2D eigenvalue weighted by atomic mass is 16.6. The molecule has 0 radical (unpaired) electrons.